The van der Waals surface area contributed by atoms with E-state index >= 15 is 0 Å². The first-order chi connectivity index (χ1) is 6.43. The maximum atomic E-state index is 11.5. The molecule has 0 spiro atoms. The van der Waals surface area contributed by atoms with Crippen LogP contribution in [0.15, 0.2) is 0 Å². The van der Waals surface area contributed by atoms with Crippen molar-refractivity contribution in [2.24, 2.45) is 5.92 Å². The summed E-state index contributed by atoms with van der Waals surface area (Å²) in [5.74, 6) is 0.957. The molecule has 0 bridgehead atoms. The molecule has 84 valence electrons. The topological polar surface area (TPSA) is 34.1 Å². The average Bonchev–Trinajstić information content (AvgIpc) is 2.85. The summed E-state index contributed by atoms with van der Waals surface area (Å²) in [5, 5.41) is -0.0467. The number of alkyl halides is 1. The standard InChI is InChI=1S/C10H19ClO2S/c1-8(2)14(12,13)7-3-4-10(11)9-5-6-9/h8-10H,3-7H2,1-2H3. The van der Waals surface area contributed by atoms with Crippen molar-refractivity contribution in [3.05, 3.63) is 0 Å². The van der Waals surface area contributed by atoms with Gasteiger partial charge in [0.05, 0.1) is 11.0 Å². The minimum atomic E-state index is -2.86. The van der Waals surface area contributed by atoms with Gasteiger partial charge in [0.25, 0.3) is 0 Å². The van der Waals surface area contributed by atoms with Crippen molar-refractivity contribution in [3.8, 4) is 0 Å². The Hall–Kier alpha value is 0.240. The van der Waals surface area contributed by atoms with Gasteiger partial charge in [-0.25, -0.2) is 8.42 Å². The molecule has 1 aliphatic carbocycles. The van der Waals surface area contributed by atoms with E-state index in [4.69, 9.17) is 11.6 Å². The monoisotopic (exact) mass is 238 g/mol. The molecule has 1 fully saturated rings. The molecule has 0 N–H and O–H groups in total. The number of rotatable bonds is 6. The molecule has 0 aromatic rings. The highest BCUT2D eigenvalue weighted by molar-refractivity contribution is 7.91. The van der Waals surface area contributed by atoms with E-state index in [0.29, 0.717) is 18.1 Å². The van der Waals surface area contributed by atoms with Crippen molar-refractivity contribution in [2.75, 3.05) is 5.75 Å². The Bertz CT molecular complexity index is 268. The molecular formula is C10H19ClO2S. The van der Waals surface area contributed by atoms with Gasteiger partial charge >= 0.3 is 0 Å². The van der Waals surface area contributed by atoms with Gasteiger partial charge in [0.2, 0.25) is 0 Å². The van der Waals surface area contributed by atoms with Crippen LogP contribution in [0.25, 0.3) is 0 Å². The van der Waals surface area contributed by atoms with E-state index in [0.717, 1.165) is 6.42 Å². The second-order valence-electron chi connectivity index (χ2n) is 4.41. The first kappa shape index (κ1) is 12.3. The molecule has 4 heteroatoms. The van der Waals surface area contributed by atoms with E-state index in [1.165, 1.54) is 12.8 Å². The number of hydrogen-bond donors (Lipinski definition) is 0. The van der Waals surface area contributed by atoms with Gasteiger partial charge in [-0.3, -0.25) is 0 Å². The van der Waals surface area contributed by atoms with Gasteiger partial charge in [-0.05, 0) is 45.4 Å². The summed E-state index contributed by atoms with van der Waals surface area (Å²) < 4.78 is 22.9. The lowest BCUT2D eigenvalue weighted by Gasteiger charge is -2.09. The Balaban J connectivity index is 2.20. The Kier molecular flexibility index (Phi) is 4.26. The number of hydrogen-bond acceptors (Lipinski definition) is 2. The summed E-state index contributed by atoms with van der Waals surface area (Å²) in [6.07, 6.45) is 4.01. The van der Waals surface area contributed by atoms with Gasteiger partial charge in [-0.15, -0.1) is 11.6 Å². The van der Waals surface area contributed by atoms with E-state index in [1.807, 2.05) is 0 Å². The van der Waals surface area contributed by atoms with Crippen LogP contribution in [-0.2, 0) is 9.84 Å². The largest absolute Gasteiger partial charge is 0.229 e. The molecule has 0 heterocycles. The zero-order valence-electron chi connectivity index (χ0n) is 8.87. The summed E-state index contributed by atoms with van der Waals surface area (Å²) in [7, 11) is -2.86. The van der Waals surface area contributed by atoms with Crippen LogP contribution in [0.1, 0.15) is 39.5 Å². The predicted molar refractivity (Wildman–Crippen MR) is 60.5 cm³/mol. The second kappa shape index (κ2) is 4.84. The first-order valence-corrected chi connectivity index (χ1v) is 7.44. The maximum absolute atomic E-state index is 11.5. The summed E-state index contributed by atoms with van der Waals surface area (Å²) in [6, 6.07) is 0. The van der Waals surface area contributed by atoms with Crippen molar-refractivity contribution in [3.63, 3.8) is 0 Å². The van der Waals surface area contributed by atoms with Gasteiger partial charge in [0.15, 0.2) is 9.84 Å². The van der Waals surface area contributed by atoms with Crippen LogP contribution in [0.4, 0.5) is 0 Å². The predicted octanol–water partition coefficient (Wildman–Crippen LogP) is 2.61. The molecule has 14 heavy (non-hydrogen) atoms. The summed E-state index contributed by atoms with van der Waals surface area (Å²) in [6.45, 7) is 3.46. The Morgan fingerprint density at radius 2 is 1.93 bits per heavy atom. The van der Waals surface area contributed by atoms with Crippen LogP contribution >= 0.6 is 11.6 Å². The summed E-state index contributed by atoms with van der Waals surface area (Å²) in [5.41, 5.74) is 0. The van der Waals surface area contributed by atoms with Gasteiger partial charge in [-0.2, -0.15) is 0 Å². The van der Waals surface area contributed by atoms with Crippen molar-refractivity contribution in [1.29, 1.82) is 0 Å². The van der Waals surface area contributed by atoms with Crippen LogP contribution in [0.3, 0.4) is 0 Å². The minimum absolute atomic E-state index is 0.206. The molecule has 2 nitrogen and oxygen atoms in total. The van der Waals surface area contributed by atoms with Crippen molar-refractivity contribution in [1.82, 2.24) is 0 Å². The fourth-order valence-corrected chi connectivity index (χ4v) is 2.86. The third-order valence-electron chi connectivity index (χ3n) is 2.76. The van der Waals surface area contributed by atoms with Crippen LogP contribution in [0.2, 0.25) is 0 Å². The van der Waals surface area contributed by atoms with Gasteiger partial charge in [0.1, 0.15) is 0 Å². The third-order valence-corrected chi connectivity index (χ3v) is 5.63. The van der Waals surface area contributed by atoms with Crippen molar-refractivity contribution in [2.45, 2.75) is 50.2 Å². The molecule has 0 saturated heterocycles. The normalized spacial score (nSPS) is 20.0. The molecule has 0 radical (unpaired) electrons. The van der Waals surface area contributed by atoms with Crippen LogP contribution in [-0.4, -0.2) is 24.8 Å². The van der Waals surface area contributed by atoms with Gasteiger partial charge < -0.3 is 0 Å². The van der Waals surface area contributed by atoms with Gasteiger partial charge in [0, 0.05) is 5.38 Å². The van der Waals surface area contributed by atoms with E-state index in [2.05, 4.69) is 0 Å². The molecule has 0 aromatic carbocycles. The molecule has 0 amide bonds. The lowest BCUT2D eigenvalue weighted by Crippen LogP contribution is -2.18. The quantitative estimate of drug-likeness (QED) is 0.667. The smallest absolute Gasteiger partial charge is 0.152 e. The molecule has 1 atom stereocenters. The van der Waals surface area contributed by atoms with E-state index in [-0.39, 0.29) is 10.6 Å². The Morgan fingerprint density at radius 1 is 1.36 bits per heavy atom. The zero-order valence-corrected chi connectivity index (χ0v) is 10.4. The second-order valence-corrected chi connectivity index (χ2v) is 7.65. The summed E-state index contributed by atoms with van der Waals surface area (Å²) in [4.78, 5) is 0. The SMILES string of the molecule is CC(C)S(=O)(=O)CCCC(Cl)C1CC1. The number of sulfone groups is 1. The molecule has 1 unspecified atom stereocenters. The van der Waals surface area contributed by atoms with Crippen molar-refractivity contribution >= 4 is 21.4 Å². The Morgan fingerprint density at radius 3 is 2.36 bits per heavy atom. The lowest BCUT2D eigenvalue weighted by molar-refractivity contribution is 0.579. The highest BCUT2D eigenvalue weighted by Crippen LogP contribution is 2.37. The van der Waals surface area contributed by atoms with E-state index in [9.17, 15) is 8.42 Å². The van der Waals surface area contributed by atoms with Crippen LogP contribution in [0, 0.1) is 5.92 Å². The Labute approximate surface area is 91.9 Å². The first-order valence-electron chi connectivity index (χ1n) is 5.29. The molecule has 1 saturated carbocycles. The highest BCUT2D eigenvalue weighted by atomic mass is 35.5. The molecular weight excluding hydrogens is 220 g/mol. The highest BCUT2D eigenvalue weighted by Gasteiger charge is 2.29. The van der Waals surface area contributed by atoms with E-state index < -0.39 is 9.84 Å². The molecule has 1 rings (SSSR count). The van der Waals surface area contributed by atoms with Crippen LogP contribution in [0.5, 0.6) is 0 Å². The lowest BCUT2D eigenvalue weighted by atomic mass is 10.2. The minimum Gasteiger partial charge on any atom is -0.229 e. The van der Waals surface area contributed by atoms with E-state index in [1.54, 1.807) is 13.8 Å². The average molecular weight is 239 g/mol. The molecule has 0 aromatic heterocycles. The zero-order chi connectivity index (χ0) is 10.8. The molecule has 0 aliphatic heterocycles. The van der Waals surface area contributed by atoms with Gasteiger partial charge in [-0.1, -0.05) is 0 Å². The maximum Gasteiger partial charge on any atom is 0.152 e. The fraction of sp³-hybridized carbons (Fsp3) is 1.00. The summed E-state index contributed by atoms with van der Waals surface area (Å²) >= 11 is 6.09. The van der Waals surface area contributed by atoms with Crippen molar-refractivity contribution < 1.29 is 8.42 Å². The number of halogens is 1. The molecule has 1 aliphatic rings. The fourth-order valence-electron chi connectivity index (χ4n) is 1.41. The van der Waals surface area contributed by atoms with Crippen LogP contribution < -0.4 is 0 Å². The third kappa shape index (κ3) is 3.77.